The van der Waals surface area contributed by atoms with E-state index in [-0.39, 0.29) is 45.4 Å². The molecule has 1 fully saturated rings. The van der Waals surface area contributed by atoms with Crippen molar-refractivity contribution in [2.75, 3.05) is 24.3 Å². The van der Waals surface area contributed by atoms with Gasteiger partial charge in [-0.15, -0.1) is 34.9 Å². The van der Waals surface area contributed by atoms with Crippen molar-refractivity contribution >= 4 is 75.4 Å². The predicted molar refractivity (Wildman–Crippen MR) is 140 cm³/mol. The average molecular weight is 608 g/mol. The fourth-order valence-electron chi connectivity index (χ4n) is 3.77. The number of nitrogens with one attached hydrogen (secondary N) is 1. The maximum atomic E-state index is 13.1. The highest BCUT2D eigenvalue weighted by molar-refractivity contribution is 8.01. The second-order valence-corrected chi connectivity index (χ2v) is 10.9. The van der Waals surface area contributed by atoms with E-state index in [0.717, 1.165) is 28.0 Å². The van der Waals surface area contributed by atoms with Crippen LogP contribution in [0.4, 0.5) is 9.93 Å². The van der Waals surface area contributed by atoms with Crippen LogP contribution in [0, 0.1) is 0 Å². The number of nitrogen functional groups attached to an aromatic ring is 1. The highest BCUT2D eigenvalue weighted by Gasteiger charge is 2.54. The van der Waals surface area contributed by atoms with Crippen molar-refractivity contribution in [1.82, 2.24) is 34.8 Å². The van der Waals surface area contributed by atoms with Gasteiger partial charge in [0, 0.05) is 28.5 Å². The maximum Gasteiger partial charge on any atom is 0.512 e. The first kappa shape index (κ1) is 27.1. The van der Waals surface area contributed by atoms with Crippen molar-refractivity contribution in [3.05, 3.63) is 40.6 Å². The van der Waals surface area contributed by atoms with Gasteiger partial charge in [0.15, 0.2) is 16.5 Å². The second-order valence-electron chi connectivity index (χ2n) is 7.88. The fourth-order valence-corrected chi connectivity index (χ4v) is 6.76. The lowest BCUT2D eigenvalue weighted by atomic mass is 10.1. The number of oxime groups is 1. The molecule has 1 saturated heterocycles. The normalized spacial score (nSPS) is 18.8. The van der Waals surface area contributed by atoms with Gasteiger partial charge in [0.05, 0.1) is 0 Å². The summed E-state index contributed by atoms with van der Waals surface area (Å²) in [6.45, 7) is 0. The van der Waals surface area contributed by atoms with Gasteiger partial charge >= 0.3 is 12.1 Å². The molecule has 0 aliphatic carbocycles. The summed E-state index contributed by atoms with van der Waals surface area (Å²) in [5, 5.41) is 30.5. The number of carboxylic acids is 1. The molecule has 5 rings (SSSR count). The number of aromatic nitrogens is 5. The summed E-state index contributed by atoms with van der Waals surface area (Å²) in [6.07, 6.45) is -0.411. The minimum Gasteiger partial charge on any atom is -0.477 e. The summed E-state index contributed by atoms with van der Waals surface area (Å²) in [5.41, 5.74) is 5.83. The van der Waals surface area contributed by atoms with E-state index in [1.54, 1.807) is 0 Å². The van der Waals surface area contributed by atoms with E-state index >= 15 is 0 Å². The van der Waals surface area contributed by atoms with Crippen LogP contribution in [0.3, 0.4) is 0 Å². The number of carbonyl (C=O) groups excluding carboxylic acids is 2. The molecule has 0 aromatic carbocycles. The standard InChI is InChI=1S/C20H17N9O8S3/c1-36-27-11(9-5-40-18(21)24-9)13(30)26-12-14(31)28-15(37-20(34)35)7(4-39-16(12)28)3-38-10-2-8(17(32)33)25-19-22-6-23-29(10)19/h2,5-6,12,16H,3-4H2,1H3,(H2,21,24)(H,26,30)(H,32,33)(H,34,35)/b27-11-/t12-,16-/m1/s1. The molecular formula is C20H17N9O8S3. The molecule has 2 amide bonds. The van der Waals surface area contributed by atoms with E-state index in [4.69, 9.17) is 15.3 Å². The van der Waals surface area contributed by atoms with E-state index in [1.807, 2.05) is 0 Å². The van der Waals surface area contributed by atoms with Crippen LogP contribution >= 0.6 is 34.9 Å². The van der Waals surface area contributed by atoms with Crippen LogP contribution in [0.15, 0.2) is 39.4 Å². The van der Waals surface area contributed by atoms with Gasteiger partial charge in [-0.05, 0) is 0 Å². The number of thiazole rings is 1. The Labute approximate surface area is 235 Å². The minimum atomic E-state index is -1.63. The maximum absolute atomic E-state index is 13.1. The van der Waals surface area contributed by atoms with Crippen molar-refractivity contribution in [3.63, 3.8) is 0 Å². The monoisotopic (exact) mass is 607 g/mol. The number of thioether (sulfide) groups is 2. The molecule has 0 unspecified atom stereocenters. The van der Waals surface area contributed by atoms with E-state index in [9.17, 15) is 29.4 Å². The number of rotatable bonds is 9. The number of aromatic carboxylic acids is 1. The van der Waals surface area contributed by atoms with Crippen molar-refractivity contribution in [3.8, 4) is 0 Å². The summed E-state index contributed by atoms with van der Waals surface area (Å²) in [6, 6.07) is 0.298. The molecule has 0 bridgehead atoms. The highest BCUT2D eigenvalue weighted by atomic mass is 32.2. The number of ether oxygens (including phenoxy) is 1. The SMILES string of the molecule is CO/N=C(\C(=O)N[C@@H]1C(=O)N2C(OC(=O)O)=C(CSc3cc(C(=O)O)nc4ncnn34)CS[C@H]12)c1csc(N)n1. The Morgan fingerprint density at radius 1 is 1.30 bits per heavy atom. The van der Waals surface area contributed by atoms with Crippen LogP contribution < -0.4 is 11.1 Å². The van der Waals surface area contributed by atoms with Crippen LogP contribution in [0.25, 0.3) is 5.78 Å². The molecule has 0 spiro atoms. The van der Waals surface area contributed by atoms with E-state index in [1.165, 1.54) is 41.2 Å². The smallest absolute Gasteiger partial charge is 0.477 e. The van der Waals surface area contributed by atoms with Gasteiger partial charge in [0.2, 0.25) is 5.88 Å². The summed E-state index contributed by atoms with van der Waals surface area (Å²) in [4.78, 5) is 66.7. The van der Waals surface area contributed by atoms with Crippen molar-refractivity contribution in [2.24, 2.45) is 5.16 Å². The van der Waals surface area contributed by atoms with Crippen molar-refractivity contribution in [1.29, 1.82) is 0 Å². The Bertz CT molecular complexity index is 1600. The van der Waals surface area contributed by atoms with Crippen LogP contribution in [-0.2, 0) is 19.2 Å². The number of β-lactam (4-membered cyclic amide) rings is 1. The number of nitrogens with two attached hydrogens (primary N) is 1. The number of fused-ring (bicyclic) bond motifs is 2. The molecule has 2 atom stereocenters. The zero-order chi connectivity index (χ0) is 28.6. The van der Waals surface area contributed by atoms with Gasteiger partial charge in [0.25, 0.3) is 17.6 Å². The third kappa shape index (κ3) is 5.10. The van der Waals surface area contributed by atoms with Gasteiger partial charge < -0.3 is 30.8 Å². The lowest BCUT2D eigenvalue weighted by Gasteiger charge is -2.49. The highest BCUT2D eigenvalue weighted by Crippen LogP contribution is 2.42. The zero-order valence-electron chi connectivity index (χ0n) is 20.1. The van der Waals surface area contributed by atoms with E-state index in [2.05, 4.69) is 30.5 Å². The van der Waals surface area contributed by atoms with E-state index < -0.39 is 35.4 Å². The fraction of sp³-hybridized carbons (Fsp3) is 0.250. The molecule has 208 valence electrons. The van der Waals surface area contributed by atoms with Crippen molar-refractivity contribution < 1.29 is 39.0 Å². The van der Waals surface area contributed by atoms with Crippen LogP contribution in [0.2, 0.25) is 0 Å². The molecule has 2 aliphatic rings. The molecule has 40 heavy (non-hydrogen) atoms. The number of amides is 2. The van der Waals surface area contributed by atoms with Gasteiger partial charge in [-0.3, -0.25) is 14.5 Å². The van der Waals surface area contributed by atoms with Gasteiger partial charge in [-0.1, -0.05) is 5.16 Å². The number of hydrogen-bond acceptors (Lipinski definition) is 15. The second kappa shape index (κ2) is 11.0. The molecule has 0 radical (unpaired) electrons. The minimum absolute atomic E-state index is 0.0738. The van der Waals surface area contributed by atoms with Gasteiger partial charge in [0.1, 0.15) is 35.6 Å². The van der Waals surface area contributed by atoms with Gasteiger partial charge in [-0.2, -0.15) is 14.6 Å². The summed E-state index contributed by atoms with van der Waals surface area (Å²) in [5.74, 6) is -2.33. The molecule has 5 heterocycles. The molecule has 2 aliphatic heterocycles. The Morgan fingerprint density at radius 2 is 2.10 bits per heavy atom. The Balaban J connectivity index is 1.36. The first-order valence-corrected chi connectivity index (χ1v) is 13.9. The zero-order valence-corrected chi connectivity index (χ0v) is 22.5. The quantitative estimate of drug-likeness (QED) is 0.0639. The molecule has 17 nitrogen and oxygen atoms in total. The van der Waals surface area contributed by atoms with E-state index in [0.29, 0.717) is 10.6 Å². The Hall–Kier alpha value is -4.43. The molecular weight excluding hydrogens is 590 g/mol. The number of hydrogen-bond donors (Lipinski definition) is 4. The first-order chi connectivity index (χ1) is 19.2. The molecule has 3 aromatic rings. The number of nitrogens with zero attached hydrogens (tertiary/aromatic N) is 7. The number of carboxylic acid groups (broad SMARTS) is 2. The third-order valence-corrected chi connectivity index (χ3v) is 8.55. The summed E-state index contributed by atoms with van der Waals surface area (Å²) in [7, 11) is 1.25. The van der Waals surface area contributed by atoms with Crippen LogP contribution in [0.5, 0.6) is 0 Å². The lowest BCUT2D eigenvalue weighted by Crippen LogP contribution is -2.70. The Morgan fingerprint density at radius 3 is 2.77 bits per heavy atom. The third-order valence-electron chi connectivity index (χ3n) is 5.46. The summed E-state index contributed by atoms with van der Waals surface area (Å²) < 4.78 is 6.33. The number of carbonyl (C=O) groups is 4. The first-order valence-electron chi connectivity index (χ1n) is 11.0. The lowest BCUT2D eigenvalue weighted by molar-refractivity contribution is -0.148. The van der Waals surface area contributed by atoms with Crippen LogP contribution in [0.1, 0.15) is 16.2 Å². The topological polar surface area (TPSA) is 237 Å². The van der Waals surface area contributed by atoms with Crippen molar-refractivity contribution in [2.45, 2.75) is 16.4 Å². The van der Waals surface area contributed by atoms with Gasteiger partial charge in [-0.25, -0.2) is 19.6 Å². The Kier molecular flexibility index (Phi) is 7.45. The molecule has 0 saturated carbocycles. The predicted octanol–water partition coefficient (Wildman–Crippen LogP) is 0.310. The number of anilines is 1. The molecule has 5 N–H and O–H groups in total. The summed E-state index contributed by atoms with van der Waals surface area (Å²) >= 11 is 3.51. The molecule has 3 aromatic heterocycles. The molecule has 20 heteroatoms. The largest absolute Gasteiger partial charge is 0.512 e. The van der Waals surface area contributed by atoms with Crippen LogP contribution in [-0.4, -0.2) is 99.4 Å². The average Bonchev–Trinajstić information content (AvgIpc) is 3.57.